The Morgan fingerprint density at radius 3 is 3.55 bits per heavy atom. The molecule has 0 amide bonds. The van der Waals surface area contributed by atoms with Crippen molar-refractivity contribution in [1.82, 2.24) is 4.98 Å². The van der Waals surface area contributed by atoms with Crippen molar-refractivity contribution in [1.29, 1.82) is 0 Å². The first-order valence-corrected chi connectivity index (χ1v) is 5.10. The molecule has 4 heteroatoms. The third-order valence-electron chi connectivity index (χ3n) is 1.87. The lowest BCUT2D eigenvalue weighted by atomic mass is 10.0. The highest BCUT2D eigenvalue weighted by molar-refractivity contribution is 7.80. The summed E-state index contributed by atoms with van der Waals surface area (Å²) >= 11 is 5.85. The van der Waals surface area contributed by atoms with Gasteiger partial charge >= 0.3 is 0 Å². The number of fused-ring (bicyclic) bond motifs is 1. The molecule has 0 saturated heterocycles. The van der Waals surface area contributed by atoms with Gasteiger partial charge in [0.25, 0.3) is 0 Å². The fraction of sp³-hybridized carbons (Fsp3) is 0.571. The number of thiol groups is 1. The monoisotopic (exact) mass is 187 g/mol. The maximum atomic E-state index is 5.42. The van der Waals surface area contributed by atoms with Crippen LogP contribution >= 0.6 is 24.0 Å². The molecule has 0 aliphatic carbocycles. The molecule has 1 aromatic rings. The van der Waals surface area contributed by atoms with Crippen molar-refractivity contribution in [2.75, 3.05) is 12.4 Å². The Labute approximate surface area is 75.0 Å². The lowest BCUT2D eigenvalue weighted by Gasteiger charge is -2.19. The van der Waals surface area contributed by atoms with Crippen molar-refractivity contribution in [2.24, 2.45) is 0 Å². The Kier molecular flexibility index (Phi) is 2.05. The summed E-state index contributed by atoms with van der Waals surface area (Å²) in [4.78, 5) is 4.25. The second-order valence-electron chi connectivity index (χ2n) is 2.54. The fourth-order valence-corrected chi connectivity index (χ4v) is 2.34. The smallest absolute Gasteiger partial charge is 0.197 e. The summed E-state index contributed by atoms with van der Waals surface area (Å²) in [6, 6.07) is 0. The molecule has 0 unspecified atom stereocenters. The molecule has 1 aliphatic rings. The van der Waals surface area contributed by atoms with E-state index in [1.165, 1.54) is 0 Å². The number of hydrogen-bond donors (Lipinski definition) is 1. The third kappa shape index (κ3) is 1.25. The molecule has 60 valence electrons. The Morgan fingerprint density at radius 1 is 1.82 bits per heavy atom. The Bertz CT molecular complexity index is 248. The van der Waals surface area contributed by atoms with Crippen molar-refractivity contribution in [3.05, 3.63) is 11.2 Å². The van der Waals surface area contributed by atoms with Crippen molar-refractivity contribution < 1.29 is 4.74 Å². The molecule has 1 aliphatic heterocycles. The quantitative estimate of drug-likeness (QED) is 0.679. The lowest BCUT2D eigenvalue weighted by Crippen LogP contribution is -2.14. The zero-order valence-corrected chi connectivity index (χ0v) is 7.70. The Hall–Kier alpha value is -0.220. The number of rotatable bonds is 1. The minimum atomic E-state index is 0.508. The minimum Gasteiger partial charge on any atom is -0.482 e. The van der Waals surface area contributed by atoms with Crippen LogP contribution in [-0.2, 0) is 0 Å². The molecular formula is C7H9NOS2. The van der Waals surface area contributed by atoms with Crippen LogP contribution in [0.5, 0.6) is 5.06 Å². The molecule has 0 fully saturated rings. The highest BCUT2D eigenvalue weighted by Crippen LogP contribution is 2.35. The highest BCUT2D eigenvalue weighted by atomic mass is 32.1. The van der Waals surface area contributed by atoms with Crippen LogP contribution in [0.2, 0.25) is 0 Å². The molecule has 0 saturated carbocycles. The number of hydrogen-bond acceptors (Lipinski definition) is 4. The molecule has 2 rings (SSSR count). The van der Waals surface area contributed by atoms with E-state index in [4.69, 9.17) is 4.74 Å². The van der Waals surface area contributed by atoms with Gasteiger partial charge in [-0.15, -0.1) is 0 Å². The van der Waals surface area contributed by atoms with E-state index in [1.807, 2.05) is 5.51 Å². The second kappa shape index (κ2) is 3.03. The third-order valence-corrected chi connectivity index (χ3v) is 3.06. The minimum absolute atomic E-state index is 0.508. The van der Waals surface area contributed by atoms with Crippen LogP contribution in [0.1, 0.15) is 18.0 Å². The van der Waals surface area contributed by atoms with Crippen LogP contribution in [0.25, 0.3) is 0 Å². The number of nitrogens with zero attached hydrogens (tertiary/aromatic N) is 1. The van der Waals surface area contributed by atoms with Crippen molar-refractivity contribution in [3.8, 4) is 5.06 Å². The summed E-state index contributed by atoms with van der Waals surface area (Å²) in [5.74, 6) is 1.38. The van der Waals surface area contributed by atoms with Crippen LogP contribution in [0.3, 0.4) is 0 Å². The number of ether oxygens (including phenoxy) is 1. The molecular weight excluding hydrogens is 178 g/mol. The highest BCUT2D eigenvalue weighted by Gasteiger charge is 2.22. The first kappa shape index (κ1) is 7.43. The standard InChI is InChI=1S/C7H9NOS2/c10-3-5-1-2-9-7-6(5)8-4-11-7/h4-5,10H,1-3H2/t5-/m1/s1. The summed E-state index contributed by atoms with van der Waals surface area (Å²) < 4.78 is 5.42. The van der Waals surface area contributed by atoms with E-state index >= 15 is 0 Å². The average Bonchev–Trinajstić information content (AvgIpc) is 2.50. The molecule has 2 heterocycles. The second-order valence-corrected chi connectivity index (χ2v) is 3.72. The van der Waals surface area contributed by atoms with E-state index in [2.05, 4.69) is 17.6 Å². The fourth-order valence-electron chi connectivity index (χ4n) is 1.23. The van der Waals surface area contributed by atoms with Gasteiger partial charge in [0, 0.05) is 5.92 Å². The molecule has 11 heavy (non-hydrogen) atoms. The van der Waals surface area contributed by atoms with E-state index in [1.54, 1.807) is 11.3 Å². The van der Waals surface area contributed by atoms with Crippen LogP contribution in [0.15, 0.2) is 5.51 Å². The summed E-state index contributed by atoms with van der Waals surface area (Å²) in [6.07, 6.45) is 1.06. The Morgan fingerprint density at radius 2 is 2.73 bits per heavy atom. The van der Waals surface area contributed by atoms with Crippen LogP contribution in [-0.4, -0.2) is 17.3 Å². The lowest BCUT2D eigenvalue weighted by molar-refractivity contribution is 0.279. The van der Waals surface area contributed by atoms with Crippen LogP contribution in [0, 0.1) is 0 Å². The van der Waals surface area contributed by atoms with Crippen LogP contribution in [0.4, 0.5) is 0 Å². The van der Waals surface area contributed by atoms with Gasteiger partial charge in [-0.2, -0.15) is 12.6 Å². The van der Waals surface area contributed by atoms with Gasteiger partial charge < -0.3 is 4.74 Å². The summed E-state index contributed by atoms with van der Waals surface area (Å²) in [7, 11) is 0. The van der Waals surface area contributed by atoms with Gasteiger partial charge in [-0.1, -0.05) is 11.3 Å². The van der Waals surface area contributed by atoms with Crippen molar-refractivity contribution >= 4 is 24.0 Å². The van der Waals surface area contributed by atoms with Gasteiger partial charge in [0.1, 0.15) is 0 Å². The molecule has 0 aromatic carbocycles. The topological polar surface area (TPSA) is 22.1 Å². The summed E-state index contributed by atoms with van der Waals surface area (Å²) in [5.41, 5.74) is 2.95. The molecule has 1 aromatic heterocycles. The molecule has 1 atom stereocenters. The van der Waals surface area contributed by atoms with E-state index in [0.29, 0.717) is 5.92 Å². The normalized spacial score (nSPS) is 22.5. The number of aromatic nitrogens is 1. The molecule has 0 radical (unpaired) electrons. The van der Waals surface area contributed by atoms with Crippen molar-refractivity contribution in [3.63, 3.8) is 0 Å². The molecule has 0 spiro atoms. The van der Waals surface area contributed by atoms with Gasteiger partial charge in [-0.3, -0.25) is 0 Å². The van der Waals surface area contributed by atoms with Gasteiger partial charge in [-0.25, -0.2) is 4.98 Å². The predicted octanol–water partition coefficient (Wildman–Crippen LogP) is 1.94. The Balaban J connectivity index is 2.32. The SMILES string of the molecule is SC[C@H]1CCOc2scnc21. The van der Waals surface area contributed by atoms with E-state index < -0.39 is 0 Å². The first-order valence-electron chi connectivity index (χ1n) is 3.59. The average molecular weight is 187 g/mol. The predicted molar refractivity (Wildman–Crippen MR) is 48.8 cm³/mol. The zero-order chi connectivity index (χ0) is 7.68. The van der Waals surface area contributed by atoms with Gasteiger partial charge in [0.05, 0.1) is 17.8 Å². The van der Waals surface area contributed by atoms with Crippen molar-refractivity contribution in [2.45, 2.75) is 12.3 Å². The zero-order valence-electron chi connectivity index (χ0n) is 5.99. The largest absolute Gasteiger partial charge is 0.482 e. The van der Waals surface area contributed by atoms with E-state index in [9.17, 15) is 0 Å². The summed E-state index contributed by atoms with van der Waals surface area (Å²) in [6.45, 7) is 0.820. The maximum absolute atomic E-state index is 5.42. The summed E-state index contributed by atoms with van der Waals surface area (Å²) in [5, 5.41) is 0.996. The van der Waals surface area contributed by atoms with Crippen LogP contribution < -0.4 is 4.74 Å². The first-order chi connectivity index (χ1) is 5.42. The number of thiazole rings is 1. The van der Waals surface area contributed by atoms with Gasteiger partial charge in [0.2, 0.25) is 0 Å². The van der Waals surface area contributed by atoms with Gasteiger partial charge in [-0.05, 0) is 12.2 Å². The molecule has 0 N–H and O–H groups in total. The van der Waals surface area contributed by atoms with E-state index in [0.717, 1.165) is 29.5 Å². The van der Waals surface area contributed by atoms with Gasteiger partial charge in [0.15, 0.2) is 5.06 Å². The molecule has 0 bridgehead atoms. The maximum Gasteiger partial charge on any atom is 0.197 e. The van der Waals surface area contributed by atoms with E-state index in [-0.39, 0.29) is 0 Å². The molecule has 2 nitrogen and oxygen atoms in total.